The number of carbonyl (C=O) groups is 3. The van der Waals surface area contributed by atoms with Crippen molar-refractivity contribution < 1.29 is 29.0 Å². The maximum absolute atomic E-state index is 15.2. The Morgan fingerprint density at radius 2 is 1.74 bits per heavy atom. The van der Waals surface area contributed by atoms with Gasteiger partial charge < -0.3 is 29.3 Å². The average molecular weight is 763 g/mol. The topological polar surface area (TPSA) is 99.6 Å². The van der Waals surface area contributed by atoms with Gasteiger partial charge in [-0.15, -0.1) is 13.2 Å². The first-order valence-electron chi connectivity index (χ1n) is 16.8. The molecule has 3 aromatic carbocycles. The zero-order chi connectivity index (χ0) is 35.7. The molecule has 0 aliphatic carbocycles. The summed E-state index contributed by atoms with van der Waals surface area (Å²) in [6.45, 7) is 11.9. The fraction of sp³-hybridized carbons (Fsp3) is 0.359. The molecule has 11 heteroatoms. The molecular formula is C39H41BrClN3O6. The van der Waals surface area contributed by atoms with Crippen molar-refractivity contribution in [2.75, 3.05) is 36.1 Å². The molecule has 262 valence electrons. The number of ether oxygens (including phenoxy) is 2. The lowest BCUT2D eigenvalue weighted by atomic mass is 9.70. The number of nitrogens with zero attached hydrogens (tertiary/aromatic N) is 3. The number of aliphatic hydroxyl groups is 1. The third-order valence-electron chi connectivity index (χ3n) is 10.0. The molecule has 3 saturated heterocycles. The minimum atomic E-state index is -1.39. The number of halogens is 2. The van der Waals surface area contributed by atoms with Crippen LogP contribution >= 0.6 is 27.5 Å². The number of likely N-dealkylation sites (tertiary alicyclic amines) is 1. The molecule has 3 heterocycles. The maximum Gasteiger partial charge on any atom is 0.253 e. The molecule has 2 bridgehead atoms. The second kappa shape index (κ2) is 14.7. The number of aliphatic hydroxyl groups excluding tert-OH is 1. The normalized spacial score (nSPS) is 25.6. The molecule has 3 amide bonds. The SMILES string of the molecule is C=CCN(C(=O)[C@H]1[C@@H]2OC3(CC2Br)C(C(=O)N(CC=C)c2c(C)cccc2Cl)N([C@H](CO)c2ccccc2)C(=O)[C@H]13)c1ccc(OCC)cc1. The Bertz CT molecular complexity index is 1750. The van der Waals surface area contributed by atoms with Gasteiger partial charge in [0.2, 0.25) is 11.8 Å². The molecule has 3 aliphatic rings. The summed E-state index contributed by atoms with van der Waals surface area (Å²) in [5, 5.41) is 11.3. The van der Waals surface area contributed by atoms with Crippen LogP contribution in [0.5, 0.6) is 5.75 Å². The summed E-state index contributed by atoms with van der Waals surface area (Å²) in [4.78, 5) is 49.3. The standard InChI is InChI=1S/C39H41BrClN3O6/c1-5-20-42(26-16-18-27(19-17-26)49-7-3)36(46)31-32-37(47)44(30(23-45)25-13-9-8-10-14-25)35(39(32)22-28(40)34(31)50-39)38(48)43(21-6-2)33-24(4)12-11-15-29(33)41/h5-6,8-19,28,30-32,34-35,45H,1-2,7,20-23H2,3-4H3/t28?,30-,31-,32+,34-,35?,39?/m1/s1. The number of para-hydroxylation sites is 1. The van der Waals surface area contributed by atoms with Gasteiger partial charge in [0, 0.05) is 23.6 Å². The summed E-state index contributed by atoms with van der Waals surface area (Å²) in [6.07, 6.45) is 2.85. The van der Waals surface area contributed by atoms with E-state index in [1.54, 1.807) is 47.4 Å². The van der Waals surface area contributed by atoms with E-state index in [4.69, 9.17) is 21.1 Å². The van der Waals surface area contributed by atoms with Crippen LogP contribution in [0.25, 0.3) is 0 Å². The first-order valence-corrected chi connectivity index (χ1v) is 18.0. The van der Waals surface area contributed by atoms with Crippen molar-refractivity contribution in [2.45, 2.75) is 48.9 Å². The first kappa shape index (κ1) is 35.9. The molecule has 3 aliphatic heterocycles. The van der Waals surface area contributed by atoms with E-state index in [1.165, 1.54) is 9.80 Å². The number of fused-ring (bicyclic) bond motifs is 1. The molecule has 3 aromatic rings. The van der Waals surface area contributed by atoms with Gasteiger partial charge in [0.05, 0.1) is 47.9 Å². The highest BCUT2D eigenvalue weighted by Gasteiger charge is 2.77. The number of aryl methyl sites for hydroxylation is 1. The van der Waals surface area contributed by atoms with Crippen LogP contribution in [0.4, 0.5) is 11.4 Å². The zero-order valence-corrected chi connectivity index (χ0v) is 30.4. The van der Waals surface area contributed by atoms with Gasteiger partial charge in [-0.3, -0.25) is 14.4 Å². The predicted octanol–water partition coefficient (Wildman–Crippen LogP) is 6.27. The lowest BCUT2D eigenvalue weighted by Gasteiger charge is -2.40. The van der Waals surface area contributed by atoms with Gasteiger partial charge in [-0.1, -0.05) is 82.1 Å². The quantitative estimate of drug-likeness (QED) is 0.163. The van der Waals surface area contributed by atoms with Gasteiger partial charge in [0.1, 0.15) is 17.4 Å². The predicted molar refractivity (Wildman–Crippen MR) is 198 cm³/mol. The van der Waals surface area contributed by atoms with Crippen molar-refractivity contribution in [3.05, 3.63) is 114 Å². The van der Waals surface area contributed by atoms with Gasteiger partial charge in [-0.05, 0) is 61.7 Å². The lowest BCUT2D eigenvalue weighted by molar-refractivity contribution is -0.144. The first-order chi connectivity index (χ1) is 24.1. The molecule has 0 radical (unpaired) electrons. The average Bonchev–Trinajstić information content (AvgIpc) is 3.71. The summed E-state index contributed by atoms with van der Waals surface area (Å²) < 4.78 is 12.5. The zero-order valence-electron chi connectivity index (χ0n) is 28.1. The highest BCUT2D eigenvalue weighted by molar-refractivity contribution is 9.09. The van der Waals surface area contributed by atoms with Crippen LogP contribution in [0.1, 0.15) is 30.5 Å². The Hall–Kier alpha value is -3.96. The Labute approximate surface area is 306 Å². The van der Waals surface area contributed by atoms with Gasteiger partial charge in [-0.2, -0.15) is 0 Å². The van der Waals surface area contributed by atoms with E-state index in [1.807, 2.05) is 56.3 Å². The number of benzene rings is 3. The second-order valence-corrected chi connectivity index (χ2v) is 14.4. The number of rotatable bonds is 13. The molecule has 1 spiro atoms. The van der Waals surface area contributed by atoms with E-state index in [0.717, 1.165) is 5.56 Å². The van der Waals surface area contributed by atoms with Crippen molar-refractivity contribution >= 4 is 56.6 Å². The molecule has 0 saturated carbocycles. The molecule has 6 rings (SSSR count). The van der Waals surface area contributed by atoms with Crippen molar-refractivity contribution in [3.63, 3.8) is 0 Å². The molecule has 50 heavy (non-hydrogen) atoms. The number of hydrogen-bond donors (Lipinski definition) is 1. The van der Waals surface area contributed by atoms with Crippen LogP contribution in [0.2, 0.25) is 5.02 Å². The minimum absolute atomic E-state index is 0.103. The highest BCUT2D eigenvalue weighted by Crippen LogP contribution is 2.62. The monoisotopic (exact) mass is 761 g/mol. The third kappa shape index (κ3) is 5.96. The van der Waals surface area contributed by atoms with E-state index >= 15 is 9.59 Å². The smallest absolute Gasteiger partial charge is 0.253 e. The van der Waals surface area contributed by atoms with Crippen LogP contribution in [0.15, 0.2) is 98.1 Å². The minimum Gasteiger partial charge on any atom is -0.494 e. The van der Waals surface area contributed by atoms with E-state index in [-0.39, 0.29) is 23.8 Å². The van der Waals surface area contributed by atoms with Crippen LogP contribution in [-0.4, -0.2) is 76.6 Å². The third-order valence-corrected chi connectivity index (χ3v) is 11.2. The highest BCUT2D eigenvalue weighted by atomic mass is 79.9. The Morgan fingerprint density at radius 1 is 1.06 bits per heavy atom. The van der Waals surface area contributed by atoms with Crippen molar-refractivity contribution in [2.24, 2.45) is 11.8 Å². The van der Waals surface area contributed by atoms with Gasteiger partial charge >= 0.3 is 0 Å². The fourth-order valence-electron chi connectivity index (χ4n) is 8.05. The second-order valence-electron chi connectivity index (χ2n) is 12.8. The summed E-state index contributed by atoms with van der Waals surface area (Å²) in [5.41, 5.74) is 1.13. The molecule has 3 fully saturated rings. The van der Waals surface area contributed by atoms with Gasteiger partial charge in [0.15, 0.2) is 0 Å². The summed E-state index contributed by atoms with van der Waals surface area (Å²) in [7, 11) is 0. The molecule has 1 N–H and O–H groups in total. The number of carbonyl (C=O) groups excluding carboxylic acids is 3. The molecular weight excluding hydrogens is 722 g/mol. The van der Waals surface area contributed by atoms with Crippen molar-refractivity contribution in [3.8, 4) is 5.75 Å². The fourth-order valence-corrected chi connectivity index (χ4v) is 9.31. The van der Waals surface area contributed by atoms with Crippen LogP contribution < -0.4 is 14.5 Å². The van der Waals surface area contributed by atoms with Crippen molar-refractivity contribution in [1.29, 1.82) is 0 Å². The van der Waals surface area contributed by atoms with Crippen LogP contribution in [0, 0.1) is 18.8 Å². The van der Waals surface area contributed by atoms with Crippen LogP contribution in [-0.2, 0) is 19.1 Å². The largest absolute Gasteiger partial charge is 0.494 e. The van der Waals surface area contributed by atoms with Crippen LogP contribution in [0.3, 0.4) is 0 Å². The van der Waals surface area contributed by atoms with E-state index < -0.39 is 54.0 Å². The Balaban J connectivity index is 1.49. The molecule has 7 atom stereocenters. The van der Waals surface area contributed by atoms with Gasteiger partial charge in [0.25, 0.3) is 5.91 Å². The Morgan fingerprint density at radius 3 is 2.36 bits per heavy atom. The number of anilines is 2. The van der Waals surface area contributed by atoms with E-state index in [0.29, 0.717) is 40.7 Å². The number of hydrogen-bond acceptors (Lipinski definition) is 6. The lowest BCUT2D eigenvalue weighted by Crippen LogP contribution is -2.58. The summed E-state index contributed by atoms with van der Waals surface area (Å²) >= 11 is 10.5. The van der Waals surface area contributed by atoms with Gasteiger partial charge in [-0.25, -0.2) is 0 Å². The number of alkyl halides is 1. The van der Waals surface area contributed by atoms with Crippen molar-refractivity contribution in [1.82, 2.24) is 4.90 Å². The maximum atomic E-state index is 15.2. The summed E-state index contributed by atoms with van der Waals surface area (Å²) in [6, 6.07) is 19.6. The van der Waals surface area contributed by atoms with E-state index in [2.05, 4.69) is 29.1 Å². The number of amides is 3. The molecule has 0 aromatic heterocycles. The molecule has 3 unspecified atom stereocenters. The summed E-state index contributed by atoms with van der Waals surface area (Å²) in [5.74, 6) is -2.45. The Kier molecular flexibility index (Phi) is 10.6. The van der Waals surface area contributed by atoms with E-state index in [9.17, 15) is 9.90 Å². The molecule has 9 nitrogen and oxygen atoms in total.